The van der Waals surface area contributed by atoms with Crippen molar-refractivity contribution in [3.63, 3.8) is 0 Å². The fourth-order valence-electron chi connectivity index (χ4n) is 1.86. The van der Waals surface area contributed by atoms with Crippen molar-refractivity contribution < 1.29 is 14.5 Å². The quantitative estimate of drug-likeness (QED) is 0.464. The molecule has 0 aromatic heterocycles. The van der Waals surface area contributed by atoms with E-state index >= 15 is 0 Å². The van der Waals surface area contributed by atoms with Crippen molar-refractivity contribution in [2.75, 3.05) is 18.6 Å². The first-order valence-electron chi connectivity index (χ1n) is 5.96. The van der Waals surface area contributed by atoms with E-state index in [1.54, 1.807) is 30.0 Å². The maximum absolute atomic E-state index is 11.4. The van der Waals surface area contributed by atoms with Gasteiger partial charge >= 0.3 is 5.97 Å². The number of benzene rings is 1. The number of nitro benzene ring substituents is 1. The van der Waals surface area contributed by atoms with Gasteiger partial charge in [0.05, 0.1) is 12.0 Å². The lowest BCUT2D eigenvalue weighted by atomic mass is 10.1. The molecule has 0 aliphatic heterocycles. The number of esters is 1. The SMILES string of the molecule is COC(=O)CN(c1cccc(C)c1[N+](=O)[O-])C(C)C. The highest BCUT2D eigenvalue weighted by Crippen LogP contribution is 2.32. The van der Waals surface area contributed by atoms with Crippen LogP contribution in [0.3, 0.4) is 0 Å². The Balaban J connectivity index is 3.27. The smallest absolute Gasteiger partial charge is 0.325 e. The van der Waals surface area contributed by atoms with Crippen LogP contribution in [-0.2, 0) is 9.53 Å². The Hall–Kier alpha value is -2.11. The van der Waals surface area contributed by atoms with Gasteiger partial charge in [-0.1, -0.05) is 12.1 Å². The lowest BCUT2D eigenvalue weighted by Gasteiger charge is -2.27. The van der Waals surface area contributed by atoms with Crippen molar-refractivity contribution in [1.82, 2.24) is 0 Å². The number of methoxy groups -OCH3 is 1. The largest absolute Gasteiger partial charge is 0.468 e. The predicted molar refractivity (Wildman–Crippen MR) is 72.3 cm³/mol. The summed E-state index contributed by atoms with van der Waals surface area (Å²) in [4.78, 5) is 23.9. The molecule has 0 saturated heterocycles. The zero-order valence-electron chi connectivity index (χ0n) is 11.5. The van der Waals surface area contributed by atoms with Crippen LogP contribution in [0.5, 0.6) is 0 Å². The summed E-state index contributed by atoms with van der Waals surface area (Å²) in [7, 11) is 1.30. The maximum Gasteiger partial charge on any atom is 0.325 e. The number of carbonyl (C=O) groups excluding carboxylic acids is 1. The Bertz CT molecular complexity index is 486. The van der Waals surface area contributed by atoms with E-state index in [1.807, 2.05) is 13.8 Å². The summed E-state index contributed by atoms with van der Waals surface area (Å²) in [5, 5.41) is 11.2. The van der Waals surface area contributed by atoms with Crippen LogP contribution < -0.4 is 4.90 Å². The number of rotatable bonds is 5. The fourth-order valence-corrected chi connectivity index (χ4v) is 1.86. The summed E-state index contributed by atoms with van der Waals surface area (Å²) in [5.74, 6) is -0.426. The highest BCUT2D eigenvalue weighted by atomic mass is 16.6. The molecule has 0 spiro atoms. The van der Waals surface area contributed by atoms with Gasteiger partial charge in [-0.05, 0) is 26.8 Å². The Morgan fingerprint density at radius 2 is 2.11 bits per heavy atom. The molecule has 0 aliphatic carbocycles. The lowest BCUT2D eigenvalue weighted by molar-refractivity contribution is -0.384. The molecular weight excluding hydrogens is 248 g/mol. The molecule has 104 valence electrons. The highest BCUT2D eigenvalue weighted by molar-refractivity contribution is 5.78. The molecule has 6 nitrogen and oxygen atoms in total. The third-order valence-electron chi connectivity index (χ3n) is 2.86. The third-order valence-corrected chi connectivity index (χ3v) is 2.86. The van der Waals surface area contributed by atoms with Crippen molar-refractivity contribution in [2.24, 2.45) is 0 Å². The van der Waals surface area contributed by atoms with Gasteiger partial charge in [0, 0.05) is 11.6 Å². The average Bonchev–Trinajstić information content (AvgIpc) is 2.34. The second kappa shape index (κ2) is 6.17. The second-order valence-corrected chi connectivity index (χ2v) is 4.50. The molecule has 0 bridgehead atoms. The van der Waals surface area contributed by atoms with Crippen LogP contribution in [0.4, 0.5) is 11.4 Å². The molecule has 0 saturated carbocycles. The Morgan fingerprint density at radius 1 is 1.47 bits per heavy atom. The van der Waals surface area contributed by atoms with Crippen LogP contribution >= 0.6 is 0 Å². The predicted octanol–water partition coefficient (Wildman–Crippen LogP) is 2.29. The van der Waals surface area contributed by atoms with Crippen molar-refractivity contribution in [3.8, 4) is 0 Å². The zero-order valence-corrected chi connectivity index (χ0v) is 11.5. The van der Waals surface area contributed by atoms with E-state index in [-0.39, 0.29) is 18.3 Å². The number of aryl methyl sites for hydroxylation is 1. The van der Waals surface area contributed by atoms with E-state index in [4.69, 9.17) is 0 Å². The first-order valence-corrected chi connectivity index (χ1v) is 5.96. The minimum absolute atomic E-state index is 0.0154. The van der Waals surface area contributed by atoms with Gasteiger partial charge in [-0.2, -0.15) is 0 Å². The molecule has 1 aromatic carbocycles. The van der Waals surface area contributed by atoms with Gasteiger partial charge in [-0.3, -0.25) is 14.9 Å². The maximum atomic E-state index is 11.4. The molecule has 1 aromatic rings. The number of carbonyl (C=O) groups is 1. The number of nitrogens with zero attached hydrogens (tertiary/aromatic N) is 2. The molecule has 0 N–H and O–H groups in total. The molecule has 0 fully saturated rings. The zero-order chi connectivity index (χ0) is 14.6. The molecule has 0 amide bonds. The van der Waals surface area contributed by atoms with Gasteiger partial charge in [0.1, 0.15) is 12.2 Å². The standard InChI is InChI=1S/C13H18N2O4/c1-9(2)14(8-12(16)19-4)11-7-5-6-10(3)13(11)15(17)18/h5-7,9H,8H2,1-4H3. The van der Waals surface area contributed by atoms with Gasteiger partial charge in [-0.25, -0.2) is 0 Å². The van der Waals surface area contributed by atoms with Crippen molar-refractivity contribution >= 4 is 17.3 Å². The minimum atomic E-state index is -0.426. The summed E-state index contributed by atoms with van der Waals surface area (Å²) < 4.78 is 4.63. The summed E-state index contributed by atoms with van der Waals surface area (Å²) in [6.07, 6.45) is 0. The van der Waals surface area contributed by atoms with E-state index in [0.717, 1.165) is 0 Å². The van der Waals surface area contributed by atoms with E-state index in [1.165, 1.54) is 7.11 Å². The minimum Gasteiger partial charge on any atom is -0.468 e. The molecular formula is C13H18N2O4. The van der Waals surface area contributed by atoms with E-state index in [2.05, 4.69) is 4.74 Å². The van der Waals surface area contributed by atoms with E-state index in [9.17, 15) is 14.9 Å². The highest BCUT2D eigenvalue weighted by Gasteiger charge is 2.25. The van der Waals surface area contributed by atoms with Crippen LogP contribution in [0.25, 0.3) is 0 Å². The number of anilines is 1. The molecule has 0 atom stereocenters. The number of ether oxygens (including phenoxy) is 1. The van der Waals surface area contributed by atoms with E-state index in [0.29, 0.717) is 11.3 Å². The third kappa shape index (κ3) is 3.43. The molecule has 0 unspecified atom stereocenters. The average molecular weight is 266 g/mol. The first-order chi connectivity index (χ1) is 8.88. The Labute approximate surface area is 112 Å². The number of nitro groups is 1. The first kappa shape index (κ1) is 14.9. The topological polar surface area (TPSA) is 72.7 Å². The molecule has 6 heteroatoms. The molecule has 1 rings (SSSR count). The molecule has 19 heavy (non-hydrogen) atoms. The van der Waals surface area contributed by atoms with E-state index < -0.39 is 10.9 Å². The second-order valence-electron chi connectivity index (χ2n) is 4.50. The number of hydrogen-bond acceptors (Lipinski definition) is 5. The molecule has 0 aliphatic rings. The van der Waals surface area contributed by atoms with Crippen LogP contribution in [-0.4, -0.2) is 30.6 Å². The lowest BCUT2D eigenvalue weighted by Crippen LogP contribution is -2.36. The Kier molecular flexibility index (Phi) is 4.86. The van der Waals surface area contributed by atoms with Crippen molar-refractivity contribution in [2.45, 2.75) is 26.8 Å². The molecule has 0 heterocycles. The fraction of sp³-hybridized carbons (Fsp3) is 0.462. The van der Waals surface area contributed by atoms with Gasteiger partial charge in [-0.15, -0.1) is 0 Å². The van der Waals surface area contributed by atoms with Crippen LogP contribution in [0.15, 0.2) is 18.2 Å². The van der Waals surface area contributed by atoms with Gasteiger partial charge in [0.2, 0.25) is 0 Å². The number of hydrogen-bond donors (Lipinski definition) is 0. The monoisotopic (exact) mass is 266 g/mol. The van der Waals surface area contributed by atoms with Gasteiger partial charge in [0.25, 0.3) is 5.69 Å². The van der Waals surface area contributed by atoms with Crippen molar-refractivity contribution in [3.05, 3.63) is 33.9 Å². The van der Waals surface area contributed by atoms with Gasteiger partial charge < -0.3 is 9.64 Å². The van der Waals surface area contributed by atoms with Crippen LogP contribution in [0.1, 0.15) is 19.4 Å². The summed E-state index contributed by atoms with van der Waals surface area (Å²) in [6, 6.07) is 5.01. The number of para-hydroxylation sites is 1. The van der Waals surface area contributed by atoms with Crippen LogP contribution in [0.2, 0.25) is 0 Å². The summed E-state index contributed by atoms with van der Waals surface area (Å²) in [6.45, 7) is 5.40. The van der Waals surface area contributed by atoms with Crippen LogP contribution in [0, 0.1) is 17.0 Å². The van der Waals surface area contributed by atoms with Crippen molar-refractivity contribution in [1.29, 1.82) is 0 Å². The normalized spacial score (nSPS) is 10.4. The summed E-state index contributed by atoms with van der Waals surface area (Å²) >= 11 is 0. The molecule has 0 radical (unpaired) electrons. The Morgan fingerprint density at radius 3 is 2.58 bits per heavy atom. The van der Waals surface area contributed by atoms with Gasteiger partial charge in [0.15, 0.2) is 0 Å². The summed E-state index contributed by atoms with van der Waals surface area (Å²) in [5.41, 5.74) is 1.03.